The normalized spacial score (nSPS) is 20.7. The summed E-state index contributed by atoms with van der Waals surface area (Å²) in [5, 5.41) is 15.9. The largest absolute Gasteiger partial charge is 0.476 e. The van der Waals surface area contributed by atoms with Crippen molar-refractivity contribution in [2.45, 2.75) is 38.6 Å². The van der Waals surface area contributed by atoms with Gasteiger partial charge in [-0.15, -0.1) is 5.10 Å². The first-order valence-corrected chi connectivity index (χ1v) is 7.00. The van der Waals surface area contributed by atoms with Gasteiger partial charge in [-0.2, -0.15) is 0 Å². The zero-order chi connectivity index (χ0) is 15.0. The van der Waals surface area contributed by atoms with Crippen molar-refractivity contribution in [1.29, 1.82) is 0 Å². The molecule has 2 fully saturated rings. The van der Waals surface area contributed by atoms with Gasteiger partial charge in [0.2, 0.25) is 11.8 Å². The third kappa shape index (κ3) is 2.30. The first-order chi connectivity index (χ1) is 10.0. The van der Waals surface area contributed by atoms with Crippen LogP contribution in [0.15, 0.2) is 6.20 Å². The van der Waals surface area contributed by atoms with Crippen molar-refractivity contribution in [3.63, 3.8) is 0 Å². The minimum absolute atomic E-state index is 0.0800. The Kier molecular flexibility index (Phi) is 3.23. The molecule has 2 aliphatic rings. The molecule has 112 valence electrons. The van der Waals surface area contributed by atoms with Crippen molar-refractivity contribution in [3.05, 3.63) is 11.9 Å². The standard InChI is InChI=1S/C13H16N4O4/c18-10-7-13(3-1-2-4-13)12(21)17(10)6-5-16-8-9(11(19)20)14-15-16/h8H,1-7H2,(H,19,20). The third-order valence-electron chi connectivity index (χ3n) is 4.36. The molecule has 1 saturated carbocycles. The Morgan fingerprint density at radius 2 is 2.00 bits per heavy atom. The molecule has 0 aromatic carbocycles. The second-order valence-corrected chi connectivity index (χ2v) is 5.69. The van der Waals surface area contributed by atoms with Gasteiger partial charge in [0.1, 0.15) is 0 Å². The number of nitrogens with zero attached hydrogens (tertiary/aromatic N) is 4. The van der Waals surface area contributed by atoms with E-state index >= 15 is 0 Å². The number of hydrogen-bond donors (Lipinski definition) is 1. The van der Waals surface area contributed by atoms with E-state index in [1.165, 1.54) is 15.8 Å². The Labute approximate surface area is 120 Å². The van der Waals surface area contributed by atoms with E-state index in [0.717, 1.165) is 25.7 Å². The molecule has 0 atom stereocenters. The van der Waals surface area contributed by atoms with E-state index in [4.69, 9.17) is 5.11 Å². The average Bonchev–Trinajstić information content (AvgIpc) is 3.12. The number of hydrogen-bond acceptors (Lipinski definition) is 5. The summed E-state index contributed by atoms with van der Waals surface area (Å²) < 4.78 is 1.34. The van der Waals surface area contributed by atoms with Crippen molar-refractivity contribution in [1.82, 2.24) is 19.9 Å². The fourth-order valence-electron chi connectivity index (χ4n) is 3.24. The number of likely N-dealkylation sites (tertiary alicyclic amines) is 1. The molecule has 2 amide bonds. The lowest BCUT2D eigenvalue weighted by atomic mass is 9.84. The van der Waals surface area contributed by atoms with E-state index < -0.39 is 11.4 Å². The van der Waals surface area contributed by atoms with E-state index in [0.29, 0.717) is 6.42 Å². The molecular formula is C13H16N4O4. The molecule has 8 heteroatoms. The average molecular weight is 292 g/mol. The van der Waals surface area contributed by atoms with Crippen molar-refractivity contribution < 1.29 is 19.5 Å². The number of imide groups is 1. The number of carboxylic acid groups (broad SMARTS) is 1. The van der Waals surface area contributed by atoms with E-state index in [1.54, 1.807) is 0 Å². The van der Waals surface area contributed by atoms with E-state index in [2.05, 4.69) is 10.3 Å². The summed E-state index contributed by atoms with van der Waals surface area (Å²) in [6.07, 6.45) is 5.18. The molecule has 1 aromatic heterocycles. The Morgan fingerprint density at radius 1 is 1.29 bits per heavy atom. The van der Waals surface area contributed by atoms with Crippen LogP contribution in [0.1, 0.15) is 42.6 Å². The van der Waals surface area contributed by atoms with Crippen LogP contribution in [0.3, 0.4) is 0 Å². The summed E-state index contributed by atoms with van der Waals surface area (Å²) in [6.45, 7) is 0.468. The lowest BCUT2D eigenvalue weighted by molar-refractivity contribution is -0.141. The van der Waals surface area contributed by atoms with E-state index in [-0.39, 0.29) is 30.6 Å². The number of aromatic carboxylic acids is 1. The molecule has 0 radical (unpaired) electrons. The summed E-state index contributed by atoms with van der Waals surface area (Å²) in [5.74, 6) is -1.37. The van der Waals surface area contributed by atoms with Crippen molar-refractivity contribution in [3.8, 4) is 0 Å². The lowest BCUT2D eigenvalue weighted by Crippen LogP contribution is -2.36. The fourth-order valence-corrected chi connectivity index (χ4v) is 3.24. The summed E-state index contributed by atoms with van der Waals surface area (Å²) in [6, 6.07) is 0. The molecule has 0 unspecified atom stereocenters. The maximum Gasteiger partial charge on any atom is 0.358 e. The minimum atomic E-state index is -1.15. The minimum Gasteiger partial charge on any atom is -0.476 e. The SMILES string of the molecule is O=C(O)c1cn(CCN2C(=O)CC3(CCCC3)C2=O)nn1. The Hall–Kier alpha value is -2.25. The Morgan fingerprint density at radius 3 is 2.62 bits per heavy atom. The predicted molar refractivity (Wildman–Crippen MR) is 69.2 cm³/mol. The topological polar surface area (TPSA) is 105 Å². The number of amides is 2. The quantitative estimate of drug-likeness (QED) is 0.800. The summed E-state index contributed by atoms with van der Waals surface area (Å²) in [7, 11) is 0. The summed E-state index contributed by atoms with van der Waals surface area (Å²) in [5.41, 5.74) is -0.618. The highest BCUT2D eigenvalue weighted by Crippen LogP contribution is 2.46. The molecule has 1 aliphatic heterocycles. The van der Waals surface area contributed by atoms with E-state index in [9.17, 15) is 14.4 Å². The molecule has 1 spiro atoms. The molecule has 1 saturated heterocycles. The first-order valence-electron chi connectivity index (χ1n) is 7.00. The van der Waals surface area contributed by atoms with E-state index in [1.807, 2.05) is 0 Å². The van der Waals surface area contributed by atoms with Crippen LogP contribution < -0.4 is 0 Å². The molecule has 8 nitrogen and oxygen atoms in total. The third-order valence-corrected chi connectivity index (χ3v) is 4.36. The Bertz CT molecular complexity index is 603. The zero-order valence-corrected chi connectivity index (χ0v) is 11.5. The van der Waals surface area contributed by atoms with Gasteiger partial charge in [0.25, 0.3) is 0 Å². The van der Waals surface area contributed by atoms with Gasteiger partial charge >= 0.3 is 5.97 Å². The predicted octanol–water partition coefficient (Wildman–Crippen LogP) is 0.296. The summed E-state index contributed by atoms with van der Waals surface area (Å²) in [4.78, 5) is 36.5. The van der Waals surface area contributed by atoms with Crippen LogP contribution in [0.2, 0.25) is 0 Å². The van der Waals surface area contributed by atoms with Crippen LogP contribution in [0.25, 0.3) is 0 Å². The van der Waals surface area contributed by atoms with Gasteiger partial charge in [-0.25, -0.2) is 9.48 Å². The first kappa shape index (κ1) is 13.7. The number of carbonyl (C=O) groups excluding carboxylic acids is 2. The lowest BCUT2D eigenvalue weighted by Gasteiger charge is -2.20. The second-order valence-electron chi connectivity index (χ2n) is 5.69. The second kappa shape index (κ2) is 4.94. The van der Waals surface area contributed by atoms with Gasteiger partial charge in [-0.05, 0) is 12.8 Å². The number of carbonyl (C=O) groups is 3. The zero-order valence-electron chi connectivity index (χ0n) is 11.5. The van der Waals surface area contributed by atoms with Crippen LogP contribution in [-0.2, 0) is 16.1 Å². The maximum absolute atomic E-state index is 12.4. The molecule has 1 aromatic rings. The van der Waals surface area contributed by atoms with Gasteiger partial charge < -0.3 is 5.11 Å². The van der Waals surface area contributed by atoms with Crippen molar-refractivity contribution in [2.75, 3.05) is 6.54 Å². The van der Waals surface area contributed by atoms with Crippen molar-refractivity contribution in [2.24, 2.45) is 5.41 Å². The van der Waals surface area contributed by atoms with Crippen LogP contribution in [0.4, 0.5) is 0 Å². The van der Waals surface area contributed by atoms with Crippen LogP contribution in [-0.4, -0.2) is 49.3 Å². The molecule has 3 rings (SSSR count). The number of rotatable bonds is 4. The van der Waals surface area contributed by atoms with Gasteiger partial charge in [-0.1, -0.05) is 18.1 Å². The van der Waals surface area contributed by atoms with Gasteiger partial charge in [0, 0.05) is 13.0 Å². The number of carboxylic acids is 1. The maximum atomic E-state index is 12.4. The molecule has 0 bridgehead atoms. The molecular weight excluding hydrogens is 276 g/mol. The molecule has 1 aliphatic carbocycles. The summed E-state index contributed by atoms with van der Waals surface area (Å²) >= 11 is 0. The van der Waals surface area contributed by atoms with Gasteiger partial charge in [0.15, 0.2) is 5.69 Å². The Balaban J connectivity index is 1.66. The van der Waals surface area contributed by atoms with Crippen molar-refractivity contribution >= 4 is 17.8 Å². The van der Waals surface area contributed by atoms with Gasteiger partial charge in [-0.3, -0.25) is 14.5 Å². The van der Waals surface area contributed by atoms with Crippen LogP contribution in [0, 0.1) is 5.41 Å². The van der Waals surface area contributed by atoms with Crippen LogP contribution in [0.5, 0.6) is 0 Å². The fraction of sp³-hybridized carbons (Fsp3) is 0.615. The molecule has 1 N–H and O–H groups in total. The highest BCUT2D eigenvalue weighted by Gasteiger charge is 2.52. The number of aromatic nitrogens is 3. The smallest absolute Gasteiger partial charge is 0.358 e. The van der Waals surface area contributed by atoms with Crippen LogP contribution >= 0.6 is 0 Å². The highest BCUT2D eigenvalue weighted by molar-refractivity contribution is 6.06. The highest BCUT2D eigenvalue weighted by atomic mass is 16.4. The van der Waals surface area contributed by atoms with Gasteiger partial charge in [0.05, 0.1) is 18.2 Å². The molecule has 2 heterocycles. The monoisotopic (exact) mass is 292 g/mol. The molecule has 21 heavy (non-hydrogen) atoms.